The number of rotatable bonds is 38. The van der Waals surface area contributed by atoms with E-state index in [4.69, 9.17) is 95.3 Å². The molecule has 0 saturated carbocycles. The first-order valence-electron chi connectivity index (χ1n) is 38.9. The van der Waals surface area contributed by atoms with Crippen LogP contribution in [-0.4, -0.2) is 542 Å². The summed E-state index contributed by atoms with van der Waals surface area (Å²) in [4.78, 5) is 63.4. The lowest BCUT2D eigenvalue weighted by Crippen LogP contribution is -2.71. The van der Waals surface area contributed by atoms with Crippen LogP contribution in [0, 0.1) is 0 Å². The van der Waals surface area contributed by atoms with Crippen molar-refractivity contribution in [1.29, 1.82) is 0 Å². The fourth-order valence-electron chi connectivity index (χ4n) is 15.6. The molecule has 0 radical (unpaired) electrons. The number of hydrogen-bond donors (Lipinski definition) is 34. The number of aliphatic hydroxyl groups is 28. The molecule has 58 nitrogen and oxygen atoms in total. The Labute approximate surface area is 704 Å². The predicted octanol–water partition coefficient (Wildman–Crippen LogP) is -21.8. The zero-order valence-corrected chi connectivity index (χ0v) is 66.8. The molecule has 0 spiro atoms. The zero-order valence-electron chi connectivity index (χ0n) is 65.9. The van der Waals surface area contributed by atoms with Crippen LogP contribution in [0.25, 0.3) is 0 Å². The quantitative estimate of drug-likeness (QED) is 0.0255. The fourth-order valence-corrected chi connectivity index (χ4v) is 16.5. The van der Waals surface area contributed by atoms with Crippen molar-refractivity contribution < 1.29 is 271 Å². The summed E-state index contributed by atoms with van der Waals surface area (Å²) >= 11 is 0. The van der Waals surface area contributed by atoms with Crippen LogP contribution in [0.3, 0.4) is 0 Å². The number of aliphatic hydroxyl groups excluding tert-OH is 27. The van der Waals surface area contributed by atoms with E-state index >= 15 is 0 Å². The van der Waals surface area contributed by atoms with Crippen molar-refractivity contribution in [2.24, 2.45) is 5.73 Å². The smallest absolute Gasteiger partial charge is 0.472 e. The lowest BCUT2D eigenvalue weighted by Gasteiger charge is -2.53. The van der Waals surface area contributed by atoms with Gasteiger partial charge in [-0.05, 0) is 0 Å². The molecule has 9 aliphatic rings. The van der Waals surface area contributed by atoms with E-state index in [2.05, 4.69) is 10.6 Å². The minimum Gasteiger partial charge on any atom is -0.477 e. The number of carbonyl (C=O) groups excluding carboxylic acids is 2. The van der Waals surface area contributed by atoms with Crippen LogP contribution in [0.1, 0.15) is 26.7 Å². The topological polar surface area (TPSA) is 938 Å². The standard InChI is InChI=1S/C66H112N3O55P/c1-16(79)68-29-35(90)32(87)24(11-74)107-56(29)120-55-53(124-125(104,105)106-4-3-67)41(96)44(19(82)7-70)112-62(55)118-52-43(98)61(116-50-23(6-65(103,63(99)100)122-47(50)22(85)10-73)121-66(64(101)102)5-18(81)31(86)45(123-66)20(83)8-71)113-46(21(84)9-72)54(52)119-59-40(95)38(93)49(28(15-78)111-59)115-60-42(97)51(34(89)26(13-76)109-60)117-57-30(69-17(2)80)36(91)48(27(14-77)110-57)114-58-39(94)37(92)33(88)25(12-75)108-58/h18-62,70-78,81-98,103H,3-15,67H2,1-2H3,(H,68,79)(H,69,80)(H,99,100)(H,101,102)(H,104,105)/t18-,19+,20-,21+,22-,23-,24-,25-,26-,27-,28-,29-,30-,31-,32-,33+,34+,35-,36-,37+,38-,39-,40-,41-,42-,43+,44-,45-,46-,47-,48-,49-,50-,51+,52-,53+,54-,55+,56-,57+,58+,59+,60+,61-,62-,65-,66-/m1/s1. The number of carboxylic acid groups (broad SMARTS) is 2. The van der Waals surface area contributed by atoms with Crippen LogP contribution < -0.4 is 16.4 Å². The number of phosphoric ester groups is 1. The number of aliphatic carboxylic acids is 2. The van der Waals surface area contributed by atoms with Crippen LogP contribution in [0.4, 0.5) is 0 Å². The SMILES string of the molecule is CC(=O)N[C@H]1[C@H](O[C@H]2[C@@H](O)[C@@H](CO)O[C@@H](O[C@H]3[C@H](O)[C@@H](O)[C@H](O[C@H]4[C@H](O[C@H]5O[C@H]([C@@H](O)CO)[C@@H](O)[C@H](OP(=O)(O)OCCN)[C@@H]5O[C@H]5O[C@H](CO)[C@@H](O)[C@H](O)[C@H]5NC(C)=O)[C@H](O)[C@@H](O[C@H]5[C@@H]([C@H](O)CO)O[C@@](O)(C(=O)O)C[C@H]5O[C@]5(C(=O)O)C[C@@H](O)[C@@H](O)[C@@H]([C@H](O)CO)O5)O[C@@H]4[C@@H](O)CO)O[C@@H]3CO)[C@@H]2O)O[C@H](CO)[C@@H](O[C@@H]2O[C@H](CO)[C@H](O)[C@H](O)[C@H]2O)[C@@H]1O. The monoisotopic (exact) mass is 1860 g/mol. The first-order chi connectivity index (χ1) is 58.8. The van der Waals surface area contributed by atoms with Crippen LogP contribution in [-0.2, 0) is 113 Å². The Balaban J connectivity index is 1.13. The van der Waals surface area contributed by atoms with Gasteiger partial charge in [0, 0.05) is 33.2 Å². The summed E-state index contributed by atoms with van der Waals surface area (Å²) in [5, 5.41) is 339. The molecule has 0 aliphatic carbocycles. The van der Waals surface area contributed by atoms with Crippen LogP contribution in [0.5, 0.6) is 0 Å². The van der Waals surface area contributed by atoms with Gasteiger partial charge in [-0.15, -0.1) is 0 Å². The third-order valence-corrected chi connectivity index (χ3v) is 23.1. The second kappa shape index (κ2) is 44.8. The fraction of sp³-hybridized carbons (Fsp3) is 0.939. The number of phosphoric acid groups is 1. The summed E-state index contributed by atoms with van der Waals surface area (Å²) in [7, 11) is -5.80. The highest BCUT2D eigenvalue weighted by Crippen LogP contribution is 2.50. The normalized spacial score (nSPS) is 46.7. The van der Waals surface area contributed by atoms with Gasteiger partial charge in [-0.2, -0.15) is 0 Å². The summed E-state index contributed by atoms with van der Waals surface area (Å²) < 4.78 is 125. The van der Waals surface area contributed by atoms with E-state index in [-0.39, 0.29) is 0 Å². The van der Waals surface area contributed by atoms with Gasteiger partial charge in [-0.1, -0.05) is 0 Å². The van der Waals surface area contributed by atoms with Gasteiger partial charge < -0.3 is 255 Å². The van der Waals surface area contributed by atoms with Gasteiger partial charge in [0.2, 0.25) is 11.8 Å². The highest BCUT2D eigenvalue weighted by atomic mass is 31.2. The summed E-state index contributed by atoms with van der Waals surface area (Å²) in [5.41, 5.74) is 5.53. The molecule has 9 heterocycles. The van der Waals surface area contributed by atoms with Gasteiger partial charge in [0.1, 0.15) is 220 Å². The minimum absolute atomic E-state index is 0.555. The highest BCUT2D eigenvalue weighted by Gasteiger charge is 2.66. The number of hydrogen-bond acceptors (Lipinski definition) is 53. The Hall–Kier alpha value is -3.85. The summed E-state index contributed by atoms with van der Waals surface area (Å²) in [5.74, 6) is -14.0. The molecule has 35 N–H and O–H groups in total. The third kappa shape index (κ3) is 23.2. The Morgan fingerprint density at radius 2 is 0.808 bits per heavy atom. The third-order valence-electron chi connectivity index (χ3n) is 22.0. The molecule has 9 fully saturated rings. The summed E-state index contributed by atoms with van der Waals surface area (Å²) in [6, 6.07) is -4.03. The minimum atomic E-state index is -5.80. The number of nitrogens with one attached hydrogen (secondary N) is 2. The molecule has 9 saturated heterocycles. The van der Waals surface area contributed by atoms with E-state index in [9.17, 15) is 182 Å². The molecule has 726 valence electrons. The van der Waals surface area contributed by atoms with Crippen LogP contribution in [0.2, 0.25) is 0 Å². The van der Waals surface area contributed by atoms with Crippen molar-refractivity contribution in [3.05, 3.63) is 0 Å². The highest BCUT2D eigenvalue weighted by molar-refractivity contribution is 7.47. The van der Waals surface area contributed by atoms with Gasteiger partial charge in [-0.3, -0.25) is 18.6 Å². The van der Waals surface area contributed by atoms with Crippen LogP contribution >= 0.6 is 7.82 Å². The number of carbonyl (C=O) groups is 4. The molecule has 0 bridgehead atoms. The van der Waals surface area contributed by atoms with Crippen molar-refractivity contribution in [2.45, 2.75) is 314 Å². The molecule has 48 atom stereocenters. The molecule has 0 aromatic rings. The number of carboxylic acids is 2. The Bertz CT molecular complexity index is 3450. The molecular formula is C66H112N3O55P. The summed E-state index contributed by atoms with van der Waals surface area (Å²) in [6.45, 7) is -11.7. The largest absolute Gasteiger partial charge is 0.477 e. The molecule has 1 unspecified atom stereocenters. The second-order valence-electron chi connectivity index (χ2n) is 30.7. The first-order valence-corrected chi connectivity index (χ1v) is 40.4. The summed E-state index contributed by atoms with van der Waals surface area (Å²) in [6.07, 6.45) is -107. The number of nitrogens with two attached hydrogens (primary N) is 1. The molecule has 59 heteroatoms. The van der Waals surface area contributed by atoms with Crippen molar-refractivity contribution in [3.8, 4) is 0 Å². The maximum Gasteiger partial charge on any atom is 0.472 e. The van der Waals surface area contributed by atoms with Gasteiger partial charge in [0.15, 0.2) is 44.0 Å². The Morgan fingerprint density at radius 1 is 0.400 bits per heavy atom. The van der Waals surface area contributed by atoms with E-state index in [0.717, 1.165) is 13.8 Å². The molecule has 0 aromatic carbocycles. The van der Waals surface area contributed by atoms with Gasteiger partial charge in [0.25, 0.3) is 11.6 Å². The molecule has 9 rings (SSSR count). The average Bonchev–Trinajstić information content (AvgIpc) is 0.748. The maximum absolute atomic E-state index is 14.0. The van der Waals surface area contributed by atoms with E-state index in [1.807, 2.05) is 0 Å². The first kappa shape index (κ1) is 105. The van der Waals surface area contributed by atoms with Crippen LogP contribution in [0.15, 0.2) is 0 Å². The van der Waals surface area contributed by atoms with Crippen molar-refractivity contribution in [1.82, 2.24) is 10.6 Å². The molecule has 125 heavy (non-hydrogen) atoms. The maximum atomic E-state index is 14.0. The average molecular weight is 1860 g/mol. The number of amides is 2. The van der Waals surface area contributed by atoms with Crippen molar-refractivity contribution in [3.63, 3.8) is 0 Å². The van der Waals surface area contributed by atoms with E-state index in [1.54, 1.807) is 0 Å². The van der Waals surface area contributed by atoms with Gasteiger partial charge in [0.05, 0.1) is 78.3 Å². The van der Waals surface area contributed by atoms with E-state index in [1.165, 1.54) is 0 Å². The Kier molecular flexibility index (Phi) is 37.6. The van der Waals surface area contributed by atoms with Crippen molar-refractivity contribution >= 4 is 31.6 Å². The van der Waals surface area contributed by atoms with E-state index < -0.39 is 404 Å². The lowest BCUT2D eigenvalue weighted by molar-refractivity contribution is -0.419. The lowest BCUT2D eigenvalue weighted by atomic mass is 9.89. The number of ether oxygens (including phenoxy) is 17. The van der Waals surface area contributed by atoms with Gasteiger partial charge in [-0.25, -0.2) is 14.2 Å². The molecule has 0 aromatic heterocycles. The predicted molar refractivity (Wildman–Crippen MR) is 378 cm³/mol. The van der Waals surface area contributed by atoms with E-state index in [0.29, 0.717) is 0 Å². The molecule has 2 amide bonds. The second-order valence-corrected chi connectivity index (χ2v) is 32.1. The Morgan fingerprint density at radius 3 is 1.33 bits per heavy atom. The molecule has 9 aliphatic heterocycles. The zero-order chi connectivity index (χ0) is 92.8. The van der Waals surface area contributed by atoms with Crippen molar-refractivity contribution in [2.75, 3.05) is 72.6 Å². The molecular weight excluding hydrogens is 1750 g/mol. The van der Waals surface area contributed by atoms with Gasteiger partial charge >= 0.3 is 19.8 Å².